The highest BCUT2D eigenvalue weighted by atomic mass is 32.2. The molecule has 0 aromatic carbocycles. The number of hydrogen-bond acceptors (Lipinski definition) is 9. The van der Waals surface area contributed by atoms with Gasteiger partial charge in [0.15, 0.2) is 5.13 Å². The normalized spacial score (nSPS) is 16.5. The van der Waals surface area contributed by atoms with Crippen LogP contribution < -0.4 is 5.32 Å². The number of oxazole rings is 1. The largest absolute Gasteiger partial charge is 0.762 e. The van der Waals surface area contributed by atoms with E-state index < -0.39 is 6.04 Å². The molecule has 0 saturated heterocycles. The molecule has 0 spiro atoms. The van der Waals surface area contributed by atoms with Gasteiger partial charge in [-0.1, -0.05) is 43.4 Å². The van der Waals surface area contributed by atoms with Crippen LogP contribution in [0.5, 0.6) is 0 Å². The van der Waals surface area contributed by atoms with Gasteiger partial charge in [0.05, 0.1) is 29.5 Å². The molecule has 156 valence electrons. The first-order chi connectivity index (χ1) is 14.0. The average molecular weight is 436 g/mol. The lowest BCUT2D eigenvalue weighted by atomic mass is 9.96. The van der Waals surface area contributed by atoms with E-state index in [1.807, 2.05) is 12.2 Å². The molecule has 0 radical (unpaired) electrons. The Morgan fingerprint density at radius 1 is 1.48 bits per heavy atom. The van der Waals surface area contributed by atoms with Crippen LogP contribution in [0, 0.1) is 5.21 Å². The van der Waals surface area contributed by atoms with E-state index in [0.29, 0.717) is 39.9 Å². The fourth-order valence-corrected chi connectivity index (χ4v) is 4.45. The van der Waals surface area contributed by atoms with E-state index in [4.69, 9.17) is 9.25 Å². The van der Waals surface area contributed by atoms with Gasteiger partial charge in [-0.05, 0) is 12.0 Å². The molecule has 0 aliphatic heterocycles. The zero-order valence-corrected chi connectivity index (χ0v) is 18.1. The van der Waals surface area contributed by atoms with E-state index in [0.717, 1.165) is 9.97 Å². The summed E-state index contributed by atoms with van der Waals surface area (Å²) in [5.41, 5.74) is 0.706. The molecular formula is C19H23N4O4S2-. The summed E-state index contributed by atoms with van der Waals surface area (Å²) in [5.74, 6) is 2.22. The zero-order valence-electron chi connectivity index (χ0n) is 16.5. The Labute approximate surface area is 177 Å². The van der Waals surface area contributed by atoms with Crippen molar-refractivity contribution in [3.05, 3.63) is 53.1 Å². The van der Waals surface area contributed by atoms with Crippen LogP contribution in [-0.4, -0.2) is 34.3 Å². The lowest BCUT2D eigenvalue weighted by molar-refractivity contribution is -0.118. The van der Waals surface area contributed by atoms with Crippen LogP contribution in [-0.2, 0) is 15.4 Å². The molecule has 0 bridgehead atoms. The maximum Gasteiger partial charge on any atom is 0.230 e. The third-order valence-corrected chi connectivity index (χ3v) is 6.33. The topological polar surface area (TPSA) is 104 Å². The lowest BCUT2D eigenvalue weighted by Crippen LogP contribution is -2.33. The maximum absolute atomic E-state index is 12.4. The molecule has 0 saturated carbocycles. The van der Waals surface area contributed by atoms with Gasteiger partial charge in [0.25, 0.3) is 0 Å². The van der Waals surface area contributed by atoms with E-state index in [1.165, 1.54) is 18.4 Å². The summed E-state index contributed by atoms with van der Waals surface area (Å²) in [6.45, 7) is 4.11. The average Bonchev–Trinajstić information content (AvgIpc) is 3.35. The Morgan fingerprint density at radius 2 is 2.31 bits per heavy atom. The highest BCUT2D eigenvalue weighted by Gasteiger charge is 2.20. The van der Waals surface area contributed by atoms with Gasteiger partial charge >= 0.3 is 0 Å². The SMILES string of the molecule is CON([O-])C1CC=CC=C1CC(=O)Nc1ncc(SCc2ncc(C(C)C)o2)s1. The second-order valence-electron chi connectivity index (χ2n) is 6.70. The number of amides is 1. The summed E-state index contributed by atoms with van der Waals surface area (Å²) in [4.78, 5) is 25.7. The van der Waals surface area contributed by atoms with E-state index >= 15 is 0 Å². The first-order valence-corrected chi connectivity index (χ1v) is 11.0. The van der Waals surface area contributed by atoms with E-state index in [1.54, 1.807) is 30.2 Å². The fourth-order valence-electron chi connectivity index (χ4n) is 2.71. The number of thiazole rings is 1. The lowest BCUT2D eigenvalue weighted by Gasteiger charge is -2.36. The monoisotopic (exact) mass is 435 g/mol. The number of carbonyl (C=O) groups excluding carboxylic acids is 1. The van der Waals surface area contributed by atoms with Crippen molar-refractivity contribution in [2.75, 3.05) is 12.4 Å². The third kappa shape index (κ3) is 6.00. The quantitative estimate of drug-likeness (QED) is 0.454. The molecule has 1 aliphatic carbocycles. The van der Waals surface area contributed by atoms with Gasteiger partial charge in [-0.15, -0.1) is 11.8 Å². The van der Waals surface area contributed by atoms with Gasteiger partial charge in [-0.2, -0.15) is 0 Å². The van der Waals surface area contributed by atoms with Gasteiger partial charge in [0, 0.05) is 18.4 Å². The molecular weight excluding hydrogens is 412 g/mol. The molecule has 2 aromatic heterocycles. The highest BCUT2D eigenvalue weighted by molar-refractivity contribution is 8.00. The second kappa shape index (κ2) is 10.2. The minimum absolute atomic E-state index is 0.105. The number of nitrogens with zero attached hydrogens (tertiary/aromatic N) is 3. The second-order valence-corrected chi connectivity index (χ2v) is 9.00. The molecule has 29 heavy (non-hydrogen) atoms. The summed E-state index contributed by atoms with van der Waals surface area (Å²) < 4.78 is 6.64. The van der Waals surface area contributed by atoms with Crippen LogP contribution in [0.3, 0.4) is 0 Å². The van der Waals surface area contributed by atoms with Crippen molar-refractivity contribution >= 4 is 34.1 Å². The molecule has 3 rings (SSSR count). The molecule has 8 nitrogen and oxygen atoms in total. The van der Waals surface area contributed by atoms with Crippen molar-refractivity contribution in [3.63, 3.8) is 0 Å². The predicted molar refractivity (Wildman–Crippen MR) is 113 cm³/mol. The number of allylic oxidation sites excluding steroid dienone is 2. The van der Waals surface area contributed by atoms with Crippen LogP contribution in [0.4, 0.5) is 5.13 Å². The van der Waals surface area contributed by atoms with Gasteiger partial charge in [0.1, 0.15) is 5.76 Å². The van der Waals surface area contributed by atoms with Gasteiger partial charge in [-0.3, -0.25) is 10.0 Å². The number of aromatic nitrogens is 2. The molecule has 1 atom stereocenters. The van der Waals surface area contributed by atoms with E-state index in [-0.39, 0.29) is 12.3 Å². The summed E-state index contributed by atoms with van der Waals surface area (Å²) in [5, 5.41) is 15.6. The van der Waals surface area contributed by atoms with E-state index in [2.05, 4.69) is 29.1 Å². The van der Waals surface area contributed by atoms with Gasteiger partial charge in [-0.25, -0.2) is 9.97 Å². The van der Waals surface area contributed by atoms with Crippen molar-refractivity contribution in [1.29, 1.82) is 0 Å². The molecule has 2 aromatic rings. The minimum Gasteiger partial charge on any atom is -0.762 e. The number of rotatable bonds is 9. The number of hydroxylamine groups is 2. The summed E-state index contributed by atoms with van der Waals surface area (Å²) in [6, 6.07) is -0.491. The van der Waals surface area contributed by atoms with Crippen molar-refractivity contribution in [2.45, 2.75) is 48.6 Å². The number of nitrogens with one attached hydrogen (secondary N) is 1. The number of anilines is 1. The number of thioether (sulfide) groups is 1. The smallest absolute Gasteiger partial charge is 0.230 e. The number of carbonyl (C=O) groups is 1. The molecule has 1 amide bonds. The standard InChI is InChI=1S/C19H23N4O4S2/c1-12(2)15-9-20-17(27-15)11-28-18-10-21-19(29-18)22-16(24)8-13-6-4-5-7-14(13)23(25)26-3/h4-6,9-10,12,14H,7-8,11H2,1-3H3,(H,21,22,24)/q-1. The Balaban J connectivity index is 1.52. The van der Waals surface area contributed by atoms with Crippen LogP contribution in [0.2, 0.25) is 0 Å². The molecule has 10 heteroatoms. The van der Waals surface area contributed by atoms with Crippen molar-refractivity contribution in [1.82, 2.24) is 15.2 Å². The Kier molecular flexibility index (Phi) is 7.62. The van der Waals surface area contributed by atoms with E-state index in [9.17, 15) is 10.0 Å². The number of hydrogen-bond donors (Lipinski definition) is 1. The Bertz CT molecular complexity index is 890. The Morgan fingerprint density at radius 3 is 3.03 bits per heavy atom. The highest BCUT2D eigenvalue weighted by Crippen LogP contribution is 2.31. The van der Waals surface area contributed by atoms with Crippen molar-refractivity contribution in [2.24, 2.45) is 0 Å². The van der Waals surface area contributed by atoms with Crippen LogP contribution >= 0.6 is 23.1 Å². The first kappa shape index (κ1) is 21.7. The van der Waals surface area contributed by atoms with Crippen LogP contribution in [0.25, 0.3) is 0 Å². The molecule has 0 fully saturated rings. The molecule has 1 N–H and O–H groups in total. The summed E-state index contributed by atoms with van der Waals surface area (Å²) in [6.07, 6.45) is 9.58. The first-order valence-electron chi connectivity index (χ1n) is 9.15. The molecule has 1 aliphatic rings. The fraction of sp³-hybridized carbons (Fsp3) is 0.421. The maximum atomic E-state index is 12.4. The Hall–Kier alpha value is -1.98. The summed E-state index contributed by atoms with van der Waals surface area (Å²) in [7, 11) is 1.32. The molecule has 2 heterocycles. The van der Waals surface area contributed by atoms with Gasteiger partial charge < -0.3 is 19.8 Å². The van der Waals surface area contributed by atoms with Crippen molar-refractivity contribution in [3.8, 4) is 0 Å². The van der Waals surface area contributed by atoms with Gasteiger partial charge in [0.2, 0.25) is 11.8 Å². The summed E-state index contributed by atoms with van der Waals surface area (Å²) >= 11 is 2.94. The minimum atomic E-state index is -0.491. The predicted octanol–water partition coefficient (Wildman–Crippen LogP) is 4.49. The molecule has 1 unspecified atom stereocenters. The van der Waals surface area contributed by atoms with Crippen molar-refractivity contribution < 1.29 is 14.0 Å². The van der Waals surface area contributed by atoms with Crippen LogP contribution in [0.1, 0.15) is 44.3 Å². The third-order valence-electron chi connectivity index (χ3n) is 4.24. The zero-order chi connectivity index (χ0) is 20.8. The van der Waals surface area contributed by atoms with Crippen LogP contribution in [0.15, 0.2) is 44.8 Å².